The van der Waals surface area contributed by atoms with Gasteiger partial charge in [0, 0.05) is 30.9 Å². The number of aryl methyl sites for hydroxylation is 1. The number of benzene rings is 1. The number of nitrogens with zero attached hydrogens (tertiary/aromatic N) is 3. The van der Waals surface area contributed by atoms with Crippen molar-refractivity contribution >= 4 is 5.91 Å². The first-order valence-corrected chi connectivity index (χ1v) is 8.72. The summed E-state index contributed by atoms with van der Waals surface area (Å²) < 4.78 is 7.59. The zero-order valence-corrected chi connectivity index (χ0v) is 15.2. The minimum absolute atomic E-state index is 0.00985. The molecule has 1 fully saturated rings. The number of ether oxygens (including phenoxy) is 1. The fraction of sp³-hybridized carbons (Fsp3) is 0.474. The van der Waals surface area contributed by atoms with Gasteiger partial charge < -0.3 is 15.0 Å². The zero-order chi connectivity index (χ0) is 17.8. The third-order valence-corrected chi connectivity index (χ3v) is 4.65. The summed E-state index contributed by atoms with van der Waals surface area (Å²) in [6.45, 7) is 7.03. The van der Waals surface area contributed by atoms with Crippen LogP contribution in [0.3, 0.4) is 0 Å². The summed E-state index contributed by atoms with van der Waals surface area (Å²) in [6.07, 6.45) is 0.407. The number of carbonyl (C=O) groups is 1. The summed E-state index contributed by atoms with van der Waals surface area (Å²) in [5, 5.41) is 7.60. The molecule has 0 spiro atoms. The van der Waals surface area contributed by atoms with Crippen LogP contribution >= 0.6 is 0 Å². The van der Waals surface area contributed by atoms with Crippen molar-refractivity contribution < 1.29 is 9.53 Å². The van der Waals surface area contributed by atoms with E-state index in [1.807, 2.05) is 48.9 Å². The summed E-state index contributed by atoms with van der Waals surface area (Å²) in [4.78, 5) is 14.6. The largest absolute Gasteiger partial charge is 0.374 e. The van der Waals surface area contributed by atoms with E-state index in [2.05, 4.69) is 22.4 Å². The highest BCUT2D eigenvalue weighted by atomic mass is 16.5. The van der Waals surface area contributed by atoms with Crippen molar-refractivity contribution in [1.29, 1.82) is 0 Å². The minimum Gasteiger partial charge on any atom is -0.374 e. The lowest BCUT2D eigenvalue weighted by atomic mass is 10.1. The van der Waals surface area contributed by atoms with Crippen LogP contribution in [0, 0.1) is 13.8 Å². The van der Waals surface area contributed by atoms with Crippen LogP contribution in [0.1, 0.15) is 17.0 Å². The fourth-order valence-electron chi connectivity index (χ4n) is 3.19. The van der Waals surface area contributed by atoms with E-state index in [4.69, 9.17) is 4.74 Å². The molecule has 2 aromatic rings. The molecule has 1 saturated heterocycles. The van der Waals surface area contributed by atoms with E-state index < -0.39 is 0 Å². The van der Waals surface area contributed by atoms with Crippen LogP contribution < -0.4 is 5.32 Å². The van der Waals surface area contributed by atoms with Crippen molar-refractivity contribution in [3.63, 3.8) is 0 Å². The van der Waals surface area contributed by atoms with Gasteiger partial charge in [0.2, 0.25) is 5.91 Å². The first kappa shape index (κ1) is 17.6. The number of hydrogen-bond donors (Lipinski definition) is 1. The molecule has 0 saturated carbocycles. The molecule has 6 heteroatoms. The Kier molecular flexibility index (Phi) is 5.50. The molecule has 0 bridgehead atoms. The molecule has 1 aromatic heterocycles. The van der Waals surface area contributed by atoms with E-state index in [1.54, 1.807) is 0 Å². The molecule has 0 aliphatic carbocycles. The highest BCUT2D eigenvalue weighted by Gasteiger charge is 2.20. The molecule has 134 valence electrons. The first-order chi connectivity index (χ1) is 12.0. The summed E-state index contributed by atoms with van der Waals surface area (Å²) >= 11 is 0. The predicted molar refractivity (Wildman–Crippen MR) is 97.0 cm³/mol. The number of likely N-dealkylation sites (N-methyl/N-ethyl adjacent to an activating group) is 1. The monoisotopic (exact) mass is 342 g/mol. The highest BCUT2D eigenvalue weighted by Crippen LogP contribution is 2.18. The van der Waals surface area contributed by atoms with Crippen molar-refractivity contribution in [2.75, 3.05) is 33.3 Å². The highest BCUT2D eigenvalue weighted by molar-refractivity contribution is 5.79. The quantitative estimate of drug-likeness (QED) is 0.894. The average Bonchev–Trinajstić information content (AvgIpc) is 2.89. The summed E-state index contributed by atoms with van der Waals surface area (Å²) in [6, 6.07) is 9.98. The predicted octanol–water partition coefficient (Wildman–Crippen LogP) is 1.48. The van der Waals surface area contributed by atoms with Gasteiger partial charge in [0.05, 0.1) is 30.5 Å². The van der Waals surface area contributed by atoms with Gasteiger partial charge in [0.1, 0.15) is 0 Å². The van der Waals surface area contributed by atoms with Gasteiger partial charge in [0.25, 0.3) is 0 Å². The molecule has 2 heterocycles. The van der Waals surface area contributed by atoms with Gasteiger partial charge in [0.15, 0.2) is 0 Å². The van der Waals surface area contributed by atoms with E-state index >= 15 is 0 Å². The van der Waals surface area contributed by atoms with Crippen molar-refractivity contribution in [3.8, 4) is 5.69 Å². The molecular weight excluding hydrogens is 316 g/mol. The zero-order valence-electron chi connectivity index (χ0n) is 15.2. The lowest BCUT2D eigenvalue weighted by Gasteiger charge is -2.30. The summed E-state index contributed by atoms with van der Waals surface area (Å²) in [5.74, 6) is 0.00985. The Morgan fingerprint density at radius 1 is 1.32 bits per heavy atom. The van der Waals surface area contributed by atoms with Gasteiger partial charge in [-0.25, -0.2) is 4.68 Å². The number of nitrogens with one attached hydrogen (secondary N) is 1. The molecule has 1 amide bonds. The van der Waals surface area contributed by atoms with Gasteiger partial charge in [-0.15, -0.1) is 0 Å². The molecule has 0 unspecified atom stereocenters. The summed E-state index contributed by atoms with van der Waals surface area (Å²) in [7, 11) is 2.07. The lowest BCUT2D eigenvalue weighted by Crippen LogP contribution is -2.46. The van der Waals surface area contributed by atoms with Crippen molar-refractivity contribution in [1.82, 2.24) is 20.0 Å². The number of para-hydroxylation sites is 1. The van der Waals surface area contributed by atoms with E-state index in [0.717, 1.165) is 42.3 Å². The van der Waals surface area contributed by atoms with E-state index in [1.165, 1.54) is 0 Å². The van der Waals surface area contributed by atoms with E-state index in [-0.39, 0.29) is 12.0 Å². The molecule has 1 atom stereocenters. The van der Waals surface area contributed by atoms with Crippen LogP contribution in [0.15, 0.2) is 30.3 Å². The Morgan fingerprint density at radius 3 is 2.80 bits per heavy atom. The van der Waals surface area contributed by atoms with Crippen molar-refractivity contribution in [2.24, 2.45) is 0 Å². The second-order valence-corrected chi connectivity index (χ2v) is 6.63. The molecule has 25 heavy (non-hydrogen) atoms. The number of hydrogen-bond acceptors (Lipinski definition) is 4. The van der Waals surface area contributed by atoms with Crippen LogP contribution in [0.4, 0.5) is 0 Å². The average molecular weight is 342 g/mol. The Hall–Kier alpha value is -2.18. The molecule has 0 radical (unpaired) electrons. The Morgan fingerprint density at radius 2 is 2.08 bits per heavy atom. The fourth-order valence-corrected chi connectivity index (χ4v) is 3.19. The standard InChI is InChI=1S/C19H26N4O2/c1-14-18(15(2)23(21-14)16-7-5-4-6-8-16)11-19(24)20-12-17-13-22(3)9-10-25-17/h4-8,17H,9-13H2,1-3H3,(H,20,24)/t17-/m1/s1. The molecule has 1 aromatic carbocycles. The second kappa shape index (κ2) is 7.80. The number of aromatic nitrogens is 2. The van der Waals surface area contributed by atoms with E-state index in [9.17, 15) is 4.79 Å². The third-order valence-electron chi connectivity index (χ3n) is 4.65. The Balaban J connectivity index is 1.62. The number of rotatable bonds is 5. The van der Waals surface area contributed by atoms with Crippen molar-refractivity contribution in [3.05, 3.63) is 47.3 Å². The van der Waals surface area contributed by atoms with Gasteiger partial charge in [-0.3, -0.25) is 4.79 Å². The van der Waals surface area contributed by atoms with Crippen LogP contribution in [0.5, 0.6) is 0 Å². The van der Waals surface area contributed by atoms with E-state index in [0.29, 0.717) is 13.0 Å². The third kappa shape index (κ3) is 4.27. The maximum Gasteiger partial charge on any atom is 0.224 e. The number of carbonyl (C=O) groups excluding carboxylic acids is 1. The van der Waals surface area contributed by atoms with Crippen LogP contribution in [0.2, 0.25) is 0 Å². The molecule has 6 nitrogen and oxygen atoms in total. The second-order valence-electron chi connectivity index (χ2n) is 6.63. The Bertz CT molecular complexity index is 727. The van der Waals surface area contributed by atoms with Crippen LogP contribution in [-0.2, 0) is 16.0 Å². The molecule has 1 aliphatic rings. The topological polar surface area (TPSA) is 59.4 Å². The SMILES string of the molecule is Cc1nn(-c2ccccc2)c(C)c1CC(=O)NC[C@@H]1CN(C)CCO1. The summed E-state index contributed by atoms with van der Waals surface area (Å²) in [5.41, 5.74) is 3.90. The van der Waals surface area contributed by atoms with Gasteiger partial charge >= 0.3 is 0 Å². The lowest BCUT2D eigenvalue weighted by molar-refractivity contribution is -0.121. The smallest absolute Gasteiger partial charge is 0.224 e. The van der Waals surface area contributed by atoms with Gasteiger partial charge in [-0.1, -0.05) is 18.2 Å². The molecular formula is C19H26N4O2. The molecule has 1 N–H and O–H groups in total. The maximum atomic E-state index is 12.4. The van der Waals surface area contributed by atoms with Gasteiger partial charge in [-0.05, 0) is 33.0 Å². The maximum absolute atomic E-state index is 12.4. The number of amides is 1. The van der Waals surface area contributed by atoms with Crippen molar-refractivity contribution in [2.45, 2.75) is 26.4 Å². The first-order valence-electron chi connectivity index (χ1n) is 8.72. The van der Waals surface area contributed by atoms with Gasteiger partial charge in [-0.2, -0.15) is 5.10 Å². The molecule has 3 rings (SSSR count). The minimum atomic E-state index is 0.00985. The Labute approximate surface area is 148 Å². The van der Waals surface area contributed by atoms with Crippen LogP contribution in [0.25, 0.3) is 5.69 Å². The molecule has 1 aliphatic heterocycles. The normalized spacial score (nSPS) is 18.3. The number of morpholine rings is 1. The van der Waals surface area contributed by atoms with Crippen LogP contribution in [-0.4, -0.2) is 60.0 Å².